The lowest BCUT2D eigenvalue weighted by Crippen LogP contribution is -2.11. The van der Waals surface area contributed by atoms with Gasteiger partial charge in [-0.1, -0.05) is 11.6 Å². The number of nitrogens with zero attached hydrogens (tertiary/aromatic N) is 2. The Hall–Kier alpha value is -1.48. The van der Waals surface area contributed by atoms with E-state index in [9.17, 15) is 4.39 Å². The van der Waals surface area contributed by atoms with Crippen LogP contribution in [-0.4, -0.2) is 9.97 Å². The summed E-state index contributed by atoms with van der Waals surface area (Å²) in [5.41, 5.74) is 2.93. The Bertz CT molecular complexity index is 802. The maximum Gasteiger partial charge on any atom is 0.240 e. The van der Waals surface area contributed by atoms with Crippen molar-refractivity contribution in [2.75, 3.05) is 10.7 Å². The number of nitrogens with one attached hydrogen (secondary N) is 2. The van der Waals surface area contributed by atoms with Crippen molar-refractivity contribution < 1.29 is 4.39 Å². The van der Waals surface area contributed by atoms with E-state index in [1.807, 2.05) is 11.4 Å². The zero-order chi connectivity index (χ0) is 15.0. The fourth-order valence-electron chi connectivity index (χ4n) is 1.80. The molecule has 0 saturated carbocycles. The molecule has 0 unspecified atom stereocenters. The van der Waals surface area contributed by atoms with E-state index in [1.54, 1.807) is 0 Å². The van der Waals surface area contributed by atoms with Crippen LogP contribution in [0.25, 0.3) is 10.2 Å². The lowest BCUT2D eigenvalue weighted by molar-refractivity contribution is 0.627. The first-order valence-corrected chi connectivity index (χ1v) is 7.77. The Balaban J connectivity index is 2.11. The van der Waals surface area contributed by atoms with Crippen molar-refractivity contribution in [3.8, 4) is 0 Å². The molecule has 3 aromatic rings. The maximum absolute atomic E-state index is 13.3. The van der Waals surface area contributed by atoms with Gasteiger partial charge in [-0.3, -0.25) is 5.43 Å². The second-order valence-electron chi connectivity index (χ2n) is 4.05. The fourth-order valence-corrected chi connectivity index (χ4v) is 3.46. The third kappa shape index (κ3) is 2.80. The van der Waals surface area contributed by atoms with E-state index in [1.165, 1.54) is 23.5 Å². The van der Waals surface area contributed by atoms with E-state index in [-0.39, 0.29) is 11.0 Å². The minimum atomic E-state index is -0.426. The van der Waals surface area contributed by atoms with Gasteiger partial charge in [0.25, 0.3) is 0 Å². The zero-order valence-corrected chi connectivity index (χ0v) is 13.5. The molecule has 0 aliphatic heterocycles. The van der Waals surface area contributed by atoms with Gasteiger partial charge in [0.05, 0.1) is 16.1 Å². The molecule has 0 saturated heterocycles. The minimum Gasteiger partial charge on any atom is -0.337 e. The van der Waals surface area contributed by atoms with Crippen LogP contribution in [0.15, 0.2) is 28.1 Å². The molecule has 108 valence electrons. The van der Waals surface area contributed by atoms with Crippen molar-refractivity contribution in [1.29, 1.82) is 0 Å². The van der Waals surface area contributed by atoms with E-state index < -0.39 is 5.82 Å². The number of rotatable bonds is 3. The van der Waals surface area contributed by atoms with Crippen LogP contribution in [-0.2, 0) is 0 Å². The van der Waals surface area contributed by atoms with Crippen LogP contribution in [0.3, 0.4) is 0 Å². The summed E-state index contributed by atoms with van der Waals surface area (Å²) in [6.45, 7) is 0. The molecule has 0 fully saturated rings. The first-order valence-electron chi connectivity index (χ1n) is 5.72. The monoisotopic (exact) mass is 387 g/mol. The number of hydrazine groups is 1. The van der Waals surface area contributed by atoms with Gasteiger partial charge in [0.15, 0.2) is 0 Å². The summed E-state index contributed by atoms with van der Waals surface area (Å²) in [7, 11) is 0. The van der Waals surface area contributed by atoms with Crippen molar-refractivity contribution >= 4 is 66.5 Å². The minimum absolute atomic E-state index is 0.242. The molecule has 0 atom stereocenters. The lowest BCUT2D eigenvalue weighted by atomic mass is 10.3. The van der Waals surface area contributed by atoms with Crippen LogP contribution in [0.1, 0.15) is 0 Å². The molecule has 9 heteroatoms. The highest BCUT2D eigenvalue weighted by Gasteiger charge is 2.13. The van der Waals surface area contributed by atoms with Gasteiger partial charge in [0.1, 0.15) is 16.5 Å². The molecular weight excluding hydrogens is 381 g/mol. The number of thiophene rings is 1. The number of hydrogen-bond acceptors (Lipinski definition) is 6. The zero-order valence-electron chi connectivity index (χ0n) is 10.3. The molecule has 4 N–H and O–H groups in total. The molecule has 0 aliphatic rings. The first-order chi connectivity index (χ1) is 10.1. The number of nitrogens with two attached hydrogens (primary N) is 1. The van der Waals surface area contributed by atoms with Gasteiger partial charge >= 0.3 is 0 Å². The summed E-state index contributed by atoms with van der Waals surface area (Å²) in [6, 6.07) is 4.43. The summed E-state index contributed by atoms with van der Waals surface area (Å²) >= 11 is 10.8. The average molecular weight is 389 g/mol. The molecule has 0 amide bonds. The summed E-state index contributed by atoms with van der Waals surface area (Å²) in [5, 5.41) is 6.05. The van der Waals surface area contributed by atoms with E-state index in [2.05, 4.69) is 36.6 Å². The van der Waals surface area contributed by atoms with Crippen LogP contribution >= 0.6 is 38.9 Å². The first kappa shape index (κ1) is 14.5. The highest BCUT2D eigenvalue weighted by atomic mass is 79.9. The van der Waals surface area contributed by atoms with E-state index in [4.69, 9.17) is 17.4 Å². The summed E-state index contributed by atoms with van der Waals surface area (Å²) in [4.78, 5) is 9.28. The van der Waals surface area contributed by atoms with E-state index in [0.29, 0.717) is 16.0 Å². The van der Waals surface area contributed by atoms with Gasteiger partial charge in [-0.15, -0.1) is 11.3 Å². The van der Waals surface area contributed by atoms with Gasteiger partial charge in [-0.2, -0.15) is 4.98 Å². The van der Waals surface area contributed by atoms with Crippen LogP contribution in [0.2, 0.25) is 5.02 Å². The number of hydrogen-bond donors (Lipinski definition) is 3. The predicted molar refractivity (Wildman–Crippen MR) is 87.6 cm³/mol. The van der Waals surface area contributed by atoms with Crippen LogP contribution < -0.4 is 16.6 Å². The Labute approximate surface area is 136 Å². The van der Waals surface area contributed by atoms with Crippen LogP contribution in [0, 0.1) is 5.82 Å². The smallest absolute Gasteiger partial charge is 0.240 e. The number of fused-ring (bicyclic) bond motifs is 1. The molecule has 2 aromatic heterocycles. The third-order valence-electron chi connectivity index (χ3n) is 2.70. The number of benzene rings is 1. The van der Waals surface area contributed by atoms with Gasteiger partial charge in [0, 0.05) is 4.47 Å². The van der Waals surface area contributed by atoms with Gasteiger partial charge in [-0.05, 0) is 39.5 Å². The van der Waals surface area contributed by atoms with Gasteiger partial charge in [0.2, 0.25) is 5.95 Å². The summed E-state index contributed by atoms with van der Waals surface area (Å²) in [5.74, 6) is 5.75. The standard InChI is InChI=1S/C12H8BrClFN5S/c13-7-3-5(15)4-8(14)9(7)17-10-6-1-2-21-11(6)19-12(18-10)20-16/h1-4H,16H2,(H2,17,18,19,20). The second kappa shape index (κ2) is 5.72. The third-order valence-corrected chi connectivity index (χ3v) is 4.43. The Morgan fingerprint density at radius 3 is 2.86 bits per heavy atom. The fraction of sp³-hybridized carbons (Fsp3) is 0. The van der Waals surface area contributed by atoms with Crippen molar-refractivity contribution in [2.24, 2.45) is 5.84 Å². The molecular formula is C12H8BrClFN5S. The highest BCUT2D eigenvalue weighted by Crippen LogP contribution is 2.36. The molecule has 1 aromatic carbocycles. The number of halogens is 3. The number of aromatic nitrogens is 2. The molecule has 0 spiro atoms. The normalized spacial score (nSPS) is 10.9. The number of anilines is 3. The van der Waals surface area contributed by atoms with Crippen molar-refractivity contribution in [1.82, 2.24) is 9.97 Å². The van der Waals surface area contributed by atoms with E-state index in [0.717, 1.165) is 10.2 Å². The molecule has 3 rings (SSSR count). The molecule has 0 radical (unpaired) electrons. The van der Waals surface area contributed by atoms with Gasteiger partial charge < -0.3 is 5.32 Å². The van der Waals surface area contributed by atoms with Crippen LogP contribution in [0.4, 0.5) is 21.8 Å². The molecule has 5 nitrogen and oxygen atoms in total. The highest BCUT2D eigenvalue weighted by molar-refractivity contribution is 9.10. The average Bonchev–Trinajstić information content (AvgIpc) is 2.90. The van der Waals surface area contributed by atoms with Crippen molar-refractivity contribution in [3.05, 3.63) is 38.9 Å². The van der Waals surface area contributed by atoms with Crippen molar-refractivity contribution in [3.63, 3.8) is 0 Å². The number of nitrogen functional groups attached to an aromatic ring is 1. The summed E-state index contributed by atoms with van der Waals surface area (Å²) in [6.07, 6.45) is 0. The maximum atomic E-state index is 13.3. The molecule has 0 aliphatic carbocycles. The SMILES string of the molecule is NNc1nc(Nc2c(Cl)cc(F)cc2Br)c2ccsc2n1. The second-order valence-corrected chi connectivity index (χ2v) is 6.21. The predicted octanol–water partition coefficient (Wildman–Crippen LogP) is 4.28. The topological polar surface area (TPSA) is 75.9 Å². The molecule has 0 bridgehead atoms. The molecule has 2 heterocycles. The summed E-state index contributed by atoms with van der Waals surface area (Å²) < 4.78 is 13.8. The quantitative estimate of drug-likeness (QED) is 0.461. The van der Waals surface area contributed by atoms with Crippen LogP contribution in [0.5, 0.6) is 0 Å². The van der Waals surface area contributed by atoms with Gasteiger partial charge in [-0.25, -0.2) is 15.2 Å². The van der Waals surface area contributed by atoms with E-state index >= 15 is 0 Å². The van der Waals surface area contributed by atoms with Crippen molar-refractivity contribution in [2.45, 2.75) is 0 Å². The molecule has 21 heavy (non-hydrogen) atoms. The largest absolute Gasteiger partial charge is 0.337 e. The lowest BCUT2D eigenvalue weighted by Gasteiger charge is -2.12. The Morgan fingerprint density at radius 2 is 2.14 bits per heavy atom. The Morgan fingerprint density at radius 1 is 1.33 bits per heavy atom. The Kier molecular flexibility index (Phi) is 3.94.